The van der Waals surface area contributed by atoms with Crippen molar-refractivity contribution in [3.8, 4) is 5.75 Å². The first-order chi connectivity index (χ1) is 13.5. The summed E-state index contributed by atoms with van der Waals surface area (Å²) in [5.41, 5.74) is 2.09. The maximum Gasteiger partial charge on any atom is 0.268 e. The van der Waals surface area contributed by atoms with Crippen LogP contribution in [0.2, 0.25) is 0 Å². The fourth-order valence-electron chi connectivity index (χ4n) is 2.80. The second-order valence-electron chi connectivity index (χ2n) is 6.30. The van der Waals surface area contributed by atoms with Crippen LogP contribution in [-0.4, -0.2) is 11.6 Å². The molecule has 1 heterocycles. The van der Waals surface area contributed by atoms with Crippen molar-refractivity contribution in [1.82, 2.24) is 9.88 Å². The fourth-order valence-corrected chi connectivity index (χ4v) is 3.27. The van der Waals surface area contributed by atoms with Crippen LogP contribution in [0.15, 0.2) is 64.0 Å². The van der Waals surface area contributed by atoms with Gasteiger partial charge in [0.05, 0.1) is 6.54 Å². The maximum atomic E-state index is 13.7. The Bertz CT molecular complexity index is 1040. The Labute approximate surface area is 171 Å². The smallest absolute Gasteiger partial charge is 0.268 e. The highest BCUT2D eigenvalue weighted by Gasteiger charge is 2.11. The highest BCUT2D eigenvalue weighted by molar-refractivity contribution is 9.10. The van der Waals surface area contributed by atoms with Crippen molar-refractivity contribution in [3.63, 3.8) is 0 Å². The summed E-state index contributed by atoms with van der Waals surface area (Å²) in [5.74, 6) is -1.04. The standard InChI is InChI=1S/C21H19BrF2N2O2.H2/c1-25-11-14-3-2-4-15(9-14)12-26-8-7-19(20(22)21(26)27)28-13-16-5-6-17(23)10-18(16)24;/h2-10,25H,11-13H2,1H3;1H. The summed E-state index contributed by atoms with van der Waals surface area (Å²) in [6, 6.07) is 12.9. The van der Waals surface area contributed by atoms with E-state index in [9.17, 15) is 13.6 Å². The van der Waals surface area contributed by atoms with E-state index < -0.39 is 11.6 Å². The predicted molar refractivity (Wildman–Crippen MR) is 110 cm³/mol. The molecule has 3 aromatic rings. The van der Waals surface area contributed by atoms with E-state index in [0.717, 1.165) is 29.8 Å². The van der Waals surface area contributed by atoms with Gasteiger partial charge >= 0.3 is 0 Å². The van der Waals surface area contributed by atoms with Crippen LogP contribution in [-0.2, 0) is 19.7 Å². The lowest BCUT2D eigenvalue weighted by Crippen LogP contribution is -2.21. The summed E-state index contributed by atoms with van der Waals surface area (Å²) >= 11 is 3.27. The first-order valence-electron chi connectivity index (χ1n) is 8.66. The molecular weight excluding hydrogens is 430 g/mol. The van der Waals surface area contributed by atoms with Crippen molar-refractivity contribution in [2.45, 2.75) is 19.7 Å². The van der Waals surface area contributed by atoms with Gasteiger partial charge in [0.1, 0.15) is 28.5 Å². The molecule has 0 saturated carbocycles. The number of hydrogen-bond acceptors (Lipinski definition) is 3. The van der Waals surface area contributed by atoms with Crippen molar-refractivity contribution < 1.29 is 14.9 Å². The van der Waals surface area contributed by atoms with Gasteiger partial charge in [-0.1, -0.05) is 24.3 Å². The Hall–Kier alpha value is -2.51. The number of aromatic nitrogens is 1. The third-order valence-electron chi connectivity index (χ3n) is 4.19. The Kier molecular flexibility index (Phi) is 6.59. The summed E-state index contributed by atoms with van der Waals surface area (Å²) in [6.07, 6.45) is 1.63. The number of pyridine rings is 1. The summed E-state index contributed by atoms with van der Waals surface area (Å²) in [4.78, 5) is 12.6. The van der Waals surface area contributed by atoms with E-state index in [1.165, 1.54) is 6.07 Å². The Morgan fingerprint density at radius 1 is 1.14 bits per heavy atom. The molecule has 0 bridgehead atoms. The zero-order valence-corrected chi connectivity index (χ0v) is 16.8. The van der Waals surface area contributed by atoms with Crippen LogP contribution >= 0.6 is 15.9 Å². The number of halogens is 3. The first kappa shape index (κ1) is 20.2. The first-order valence-corrected chi connectivity index (χ1v) is 9.45. The van der Waals surface area contributed by atoms with E-state index in [1.54, 1.807) is 16.8 Å². The molecule has 0 atom stereocenters. The summed E-state index contributed by atoms with van der Waals surface area (Å²) in [7, 11) is 1.88. The van der Waals surface area contributed by atoms with Crippen molar-refractivity contribution in [2.24, 2.45) is 0 Å². The number of benzene rings is 2. The van der Waals surface area contributed by atoms with Gasteiger partial charge in [0, 0.05) is 25.8 Å². The van der Waals surface area contributed by atoms with Crippen LogP contribution in [0, 0.1) is 11.6 Å². The van der Waals surface area contributed by atoms with Gasteiger partial charge in [0.15, 0.2) is 0 Å². The molecule has 0 unspecified atom stereocenters. The van der Waals surface area contributed by atoms with Crippen molar-refractivity contribution in [1.29, 1.82) is 0 Å². The second kappa shape index (κ2) is 9.12. The number of nitrogens with zero attached hydrogens (tertiary/aromatic N) is 1. The van der Waals surface area contributed by atoms with Crippen molar-refractivity contribution in [2.75, 3.05) is 7.05 Å². The van der Waals surface area contributed by atoms with Crippen LogP contribution < -0.4 is 15.6 Å². The summed E-state index contributed by atoms with van der Waals surface area (Å²) < 4.78 is 34.1. The molecule has 148 valence electrons. The van der Waals surface area contributed by atoms with Crippen LogP contribution in [0.25, 0.3) is 0 Å². The van der Waals surface area contributed by atoms with E-state index >= 15 is 0 Å². The maximum absolute atomic E-state index is 13.7. The SMILES string of the molecule is CNCc1cccc(Cn2ccc(OCc3ccc(F)cc3F)c(Br)c2=O)c1.[HH]. The lowest BCUT2D eigenvalue weighted by Gasteiger charge is -2.12. The number of ether oxygens (including phenoxy) is 1. The van der Waals surface area contributed by atoms with Gasteiger partial charge in [-0.05, 0) is 52.3 Å². The largest absolute Gasteiger partial charge is 0.487 e. The minimum absolute atomic E-state index is 0. The second-order valence-corrected chi connectivity index (χ2v) is 7.09. The molecule has 0 aliphatic rings. The third-order valence-corrected chi connectivity index (χ3v) is 4.92. The van der Waals surface area contributed by atoms with Gasteiger partial charge in [0.25, 0.3) is 5.56 Å². The summed E-state index contributed by atoms with van der Waals surface area (Å²) in [6.45, 7) is 1.06. The van der Waals surface area contributed by atoms with Crippen LogP contribution in [0.1, 0.15) is 18.1 Å². The molecule has 0 aliphatic carbocycles. The molecule has 4 nitrogen and oxygen atoms in total. The normalized spacial score (nSPS) is 10.9. The van der Waals surface area contributed by atoms with Gasteiger partial charge in [-0.2, -0.15) is 0 Å². The molecule has 1 aromatic heterocycles. The van der Waals surface area contributed by atoms with Gasteiger partial charge in [-0.3, -0.25) is 4.79 Å². The molecule has 1 N–H and O–H groups in total. The lowest BCUT2D eigenvalue weighted by molar-refractivity contribution is 0.296. The lowest BCUT2D eigenvalue weighted by atomic mass is 10.1. The van der Waals surface area contributed by atoms with Gasteiger partial charge < -0.3 is 14.6 Å². The van der Waals surface area contributed by atoms with Crippen LogP contribution in [0.3, 0.4) is 0 Å². The highest BCUT2D eigenvalue weighted by atomic mass is 79.9. The zero-order valence-electron chi connectivity index (χ0n) is 15.2. The Balaban J connectivity index is 0.00000300. The molecule has 0 fully saturated rings. The molecule has 0 spiro atoms. The molecule has 0 saturated heterocycles. The minimum Gasteiger partial charge on any atom is -0.487 e. The quantitative estimate of drug-likeness (QED) is 0.576. The molecule has 3 rings (SSSR count). The molecule has 7 heteroatoms. The Morgan fingerprint density at radius 2 is 1.93 bits per heavy atom. The number of nitrogens with one attached hydrogen (secondary N) is 1. The predicted octanol–water partition coefficient (Wildman–Crippen LogP) is 4.48. The molecule has 0 amide bonds. The monoisotopic (exact) mass is 450 g/mol. The molecule has 28 heavy (non-hydrogen) atoms. The number of hydrogen-bond donors (Lipinski definition) is 1. The molecule has 0 aliphatic heterocycles. The Morgan fingerprint density at radius 3 is 2.68 bits per heavy atom. The summed E-state index contributed by atoms with van der Waals surface area (Å²) in [5, 5.41) is 3.10. The van der Waals surface area contributed by atoms with Crippen molar-refractivity contribution >= 4 is 15.9 Å². The van der Waals surface area contributed by atoms with E-state index in [2.05, 4.69) is 21.2 Å². The van der Waals surface area contributed by atoms with Crippen molar-refractivity contribution in [3.05, 3.63) is 97.9 Å². The minimum atomic E-state index is -0.689. The van der Waals surface area contributed by atoms with E-state index in [1.807, 2.05) is 31.3 Å². The van der Waals surface area contributed by atoms with Gasteiger partial charge in [-0.15, -0.1) is 0 Å². The topological polar surface area (TPSA) is 43.3 Å². The van der Waals surface area contributed by atoms with E-state index in [4.69, 9.17) is 4.74 Å². The molecule has 2 aromatic carbocycles. The third kappa shape index (κ3) is 4.85. The average molecular weight is 451 g/mol. The fraction of sp³-hybridized carbons (Fsp3) is 0.190. The van der Waals surface area contributed by atoms with Gasteiger partial charge in [0.2, 0.25) is 0 Å². The molecular formula is C21H21BrF2N2O2. The van der Waals surface area contributed by atoms with Crippen LogP contribution in [0.5, 0.6) is 5.75 Å². The molecule has 0 radical (unpaired) electrons. The number of rotatable bonds is 7. The van der Waals surface area contributed by atoms with Gasteiger partial charge in [-0.25, -0.2) is 8.78 Å². The zero-order chi connectivity index (χ0) is 20.1. The van der Waals surface area contributed by atoms with E-state index in [-0.39, 0.29) is 23.6 Å². The van der Waals surface area contributed by atoms with E-state index in [0.29, 0.717) is 12.3 Å². The van der Waals surface area contributed by atoms with Crippen LogP contribution in [0.4, 0.5) is 8.78 Å². The average Bonchev–Trinajstić information content (AvgIpc) is 2.67. The highest BCUT2D eigenvalue weighted by Crippen LogP contribution is 2.22.